The number of imidazole rings is 1. The quantitative estimate of drug-likeness (QED) is 0.705. The molecule has 19 heavy (non-hydrogen) atoms. The van der Waals surface area contributed by atoms with Gasteiger partial charge in [0.25, 0.3) is 0 Å². The van der Waals surface area contributed by atoms with Crippen molar-refractivity contribution in [2.24, 2.45) is 0 Å². The summed E-state index contributed by atoms with van der Waals surface area (Å²) >= 11 is 0. The van der Waals surface area contributed by atoms with Crippen LogP contribution in [-0.4, -0.2) is 28.0 Å². The van der Waals surface area contributed by atoms with Crippen LogP contribution in [0.2, 0.25) is 0 Å². The zero-order valence-corrected chi connectivity index (χ0v) is 10.4. The van der Waals surface area contributed by atoms with E-state index >= 15 is 0 Å². The molecule has 0 aliphatic carbocycles. The van der Waals surface area contributed by atoms with Gasteiger partial charge >= 0.3 is 5.97 Å². The molecule has 0 saturated heterocycles. The zero-order chi connectivity index (χ0) is 13.2. The van der Waals surface area contributed by atoms with Crippen LogP contribution >= 0.6 is 0 Å². The predicted molar refractivity (Wildman–Crippen MR) is 71.6 cm³/mol. The van der Waals surface area contributed by atoms with Crippen molar-refractivity contribution in [1.29, 1.82) is 0 Å². The molecule has 0 amide bonds. The summed E-state index contributed by atoms with van der Waals surface area (Å²) in [6, 6.07) is 8.04. The molecule has 96 valence electrons. The number of hydrogen-bond acceptors (Lipinski definition) is 3. The number of benzene rings is 1. The summed E-state index contributed by atoms with van der Waals surface area (Å²) in [4.78, 5) is 21.7. The highest BCUT2D eigenvalue weighted by atomic mass is 16.5. The van der Waals surface area contributed by atoms with Gasteiger partial charge < -0.3 is 14.7 Å². The maximum atomic E-state index is 11.2. The summed E-state index contributed by atoms with van der Waals surface area (Å²) in [6.07, 6.45) is 3.81. The number of esters is 1. The number of aromatic amines is 2. The van der Waals surface area contributed by atoms with Gasteiger partial charge in [-0.15, -0.1) is 0 Å². The molecule has 0 atom stereocenters. The van der Waals surface area contributed by atoms with Gasteiger partial charge in [-0.1, -0.05) is 18.2 Å². The van der Waals surface area contributed by atoms with E-state index in [0.29, 0.717) is 5.82 Å². The van der Waals surface area contributed by atoms with Crippen molar-refractivity contribution in [3.05, 3.63) is 42.5 Å². The third-order valence-electron chi connectivity index (χ3n) is 3.05. The highest BCUT2D eigenvalue weighted by Crippen LogP contribution is 2.26. The molecule has 2 N–H and O–H groups in total. The number of fused-ring (bicyclic) bond motifs is 1. The smallest absolute Gasteiger partial charge is 0.313 e. The lowest BCUT2D eigenvalue weighted by Crippen LogP contribution is -2.05. The van der Waals surface area contributed by atoms with E-state index in [-0.39, 0.29) is 12.4 Å². The third kappa shape index (κ3) is 2.10. The number of methoxy groups -OCH3 is 1. The maximum Gasteiger partial charge on any atom is 0.313 e. The number of nitrogens with zero attached hydrogens (tertiary/aromatic N) is 1. The topological polar surface area (TPSA) is 70.8 Å². The summed E-state index contributed by atoms with van der Waals surface area (Å²) < 4.78 is 4.62. The van der Waals surface area contributed by atoms with E-state index in [1.807, 2.05) is 30.5 Å². The van der Waals surface area contributed by atoms with Gasteiger partial charge in [-0.05, 0) is 6.07 Å². The second-order valence-corrected chi connectivity index (χ2v) is 4.24. The second kappa shape index (κ2) is 4.61. The van der Waals surface area contributed by atoms with Crippen LogP contribution in [0.25, 0.3) is 22.2 Å². The number of nitrogens with one attached hydrogen (secondary N) is 2. The number of hydrogen-bond donors (Lipinski definition) is 2. The first-order valence-electron chi connectivity index (χ1n) is 5.95. The van der Waals surface area contributed by atoms with Crippen LogP contribution in [0.15, 0.2) is 36.7 Å². The average molecular weight is 255 g/mol. The third-order valence-corrected chi connectivity index (χ3v) is 3.05. The minimum atomic E-state index is -0.306. The fourth-order valence-corrected chi connectivity index (χ4v) is 2.09. The summed E-state index contributed by atoms with van der Waals surface area (Å²) in [7, 11) is 1.37. The standard InChI is InChI=1S/C14H13N3O2/c1-19-14(18)6-13-16-8-12(17-13)10-7-15-11-5-3-2-4-9(10)11/h2-5,7-8,15H,6H2,1H3,(H,16,17). The Hall–Kier alpha value is -2.56. The molecular weight excluding hydrogens is 242 g/mol. The van der Waals surface area contributed by atoms with Gasteiger partial charge in [-0.2, -0.15) is 0 Å². The summed E-state index contributed by atoms with van der Waals surface area (Å²) in [5.74, 6) is 0.298. The lowest BCUT2D eigenvalue weighted by atomic mass is 10.1. The lowest BCUT2D eigenvalue weighted by Gasteiger charge is -1.96. The fourth-order valence-electron chi connectivity index (χ4n) is 2.09. The van der Waals surface area contributed by atoms with Gasteiger partial charge in [0.2, 0.25) is 0 Å². The Morgan fingerprint density at radius 3 is 3.05 bits per heavy atom. The van der Waals surface area contributed by atoms with Crippen molar-refractivity contribution >= 4 is 16.9 Å². The Morgan fingerprint density at radius 2 is 2.21 bits per heavy atom. The van der Waals surface area contributed by atoms with Crippen molar-refractivity contribution in [2.45, 2.75) is 6.42 Å². The molecule has 0 spiro atoms. The number of H-pyrrole nitrogens is 2. The van der Waals surface area contributed by atoms with E-state index in [0.717, 1.165) is 22.2 Å². The minimum Gasteiger partial charge on any atom is -0.469 e. The van der Waals surface area contributed by atoms with Crippen molar-refractivity contribution in [2.75, 3.05) is 7.11 Å². The highest BCUT2D eigenvalue weighted by molar-refractivity contribution is 5.94. The molecule has 5 heteroatoms. The van der Waals surface area contributed by atoms with E-state index in [9.17, 15) is 4.79 Å². The summed E-state index contributed by atoms with van der Waals surface area (Å²) in [5, 5.41) is 1.12. The van der Waals surface area contributed by atoms with Gasteiger partial charge in [-0.3, -0.25) is 4.79 Å². The molecule has 5 nitrogen and oxygen atoms in total. The molecular formula is C14H13N3O2. The van der Waals surface area contributed by atoms with Gasteiger partial charge in [-0.25, -0.2) is 4.98 Å². The van der Waals surface area contributed by atoms with E-state index in [2.05, 4.69) is 19.7 Å². The highest BCUT2D eigenvalue weighted by Gasteiger charge is 2.10. The Balaban J connectivity index is 1.96. The van der Waals surface area contributed by atoms with Crippen molar-refractivity contribution in [3.8, 4) is 11.3 Å². The van der Waals surface area contributed by atoms with E-state index < -0.39 is 0 Å². The zero-order valence-electron chi connectivity index (χ0n) is 10.4. The van der Waals surface area contributed by atoms with Gasteiger partial charge in [0.05, 0.1) is 19.0 Å². The van der Waals surface area contributed by atoms with E-state index in [4.69, 9.17) is 0 Å². The second-order valence-electron chi connectivity index (χ2n) is 4.24. The largest absolute Gasteiger partial charge is 0.469 e. The molecule has 2 heterocycles. The summed E-state index contributed by atoms with van der Waals surface area (Å²) in [6.45, 7) is 0. The molecule has 0 radical (unpaired) electrons. The monoisotopic (exact) mass is 255 g/mol. The van der Waals surface area contributed by atoms with Crippen molar-refractivity contribution in [3.63, 3.8) is 0 Å². The Bertz CT molecular complexity index is 727. The normalized spacial score (nSPS) is 10.8. The van der Waals surface area contributed by atoms with Crippen molar-refractivity contribution in [1.82, 2.24) is 15.0 Å². The molecule has 0 bridgehead atoms. The number of carbonyl (C=O) groups is 1. The van der Waals surface area contributed by atoms with Crippen LogP contribution in [0.1, 0.15) is 5.82 Å². The molecule has 0 aliphatic rings. The molecule has 1 aromatic carbocycles. The van der Waals surface area contributed by atoms with Crippen LogP contribution in [0.5, 0.6) is 0 Å². The minimum absolute atomic E-state index is 0.152. The summed E-state index contributed by atoms with van der Waals surface area (Å²) in [5.41, 5.74) is 3.00. The molecule has 3 aromatic rings. The molecule has 0 aliphatic heterocycles. The first-order valence-corrected chi connectivity index (χ1v) is 5.95. The van der Waals surface area contributed by atoms with Gasteiger partial charge in [0.1, 0.15) is 12.2 Å². The number of rotatable bonds is 3. The van der Waals surface area contributed by atoms with Crippen LogP contribution in [0.3, 0.4) is 0 Å². The molecule has 2 aromatic heterocycles. The molecule has 0 unspecified atom stereocenters. The average Bonchev–Trinajstić information content (AvgIpc) is 3.04. The SMILES string of the molecule is COC(=O)Cc1ncc(-c2c[nH]c3ccccc23)[nH]1. The molecule has 3 rings (SSSR count). The van der Waals surface area contributed by atoms with Crippen LogP contribution < -0.4 is 0 Å². The van der Waals surface area contributed by atoms with Crippen molar-refractivity contribution < 1.29 is 9.53 Å². The fraction of sp³-hybridized carbons (Fsp3) is 0.143. The van der Waals surface area contributed by atoms with E-state index in [1.165, 1.54) is 7.11 Å². The Morgan fingerprint density at radius 1 is 1.37 bits per heavy atom. The van der Waals surface area contributed by atoms with Crippen LogP contribution in [0.4, 0.5) is 0 Å². The van der Waals surface area contributed by atoms with E-state index in [1.54, 1.807) is 6.20 Å². The lowest BCUT2D eigenvalue weighted by molar-refractivity contribution is -0.139. The van der Waals surface area contributed by atoms with Crippen LogP contribution in [-0.2, 0) is 16.0 Å². The van der Waals surface area contributed by atoms with Crippen LogP contribution in [0, 0.1) is 0 Å². The van der Waals surface area contributed by atoms with Gasteiger partial charge in [0.15, 0.2) is 0 Å². The number of aromatic nitrogens is 3. The first kappa shape index (κ1) is 11.5. The predicted octanol–water partition coefficient (Wildman–Crippen LogP) is 2.27. The van der Waals surface area contributed by atoms with Gasteiger partial charge in [0, 0.05) is 22.7 Å². The molecule has 0 saturated carbocycles. The number of carbonyl (C=O) groups excluding carboxylic acids is 1. The maximum absolute atomic E-state index is 11.2. The number of ether oxygens (including phenoxy) is 1. The Labute approximate surface area is 109 Å². The first-order chi connectivity index (χ1) is 9.28. The Kier molecular flexibility index (Phi) is 2.79. The number of para-hydroxylation sites is 1. The molecule has 0 fully saturated rings.